The number of aliphatic hydroxyl groups is 1. The Balaban J connectivity index is 2.01. The highest BCUT2D eigenvalue weighted by atomic mass is 16.5. The van der Waals surface area contributed by atoms with Gasteiger partial charge in [-0.3, -0.25) is 4.90 Å². The van der Waals surface area contributed by atoms with Gasteiger partial charge in [0.2, 0.25) is 0 Å². The van der Waals surface area contributed by atoms with E-state index in [-0.39, 0.29) is 12.1 Å². The maximum Gasteiger partial charge on any atom is 0.0677 e. The van der Waals surface area contributed by atoms with Gasteiger partial charge in [0.1, 0.15) is 0 Å². The molecule has 0 aromatic carbocycles. The summed E-state index contributed by atoms with van der Waals surface area (Å²) in [6.07, 6.45) is 2.15. The zero-order valence-corrected chi connectivity index (χ0v) is 8.67. The predicted octanol–water partition coefficient (Wildman–Crippen LogP) is -0.567. The second-order valence-electron chi connectivity index (χ2n) is 4.28. The molecule has 4 nitrogen and oxygen atoms in total. The molecule has 2 aliphatic heterocycles. The summed E-state index contributed by atoms with van der Waals surface area (Å²) in [6.45, 7) is 5.90. The van der Waals surface area contributed by atoms with Gasteiger partial charge in [0.25, 0.3) is 0 Å². The topological polar surface area (TPSA) is 44.7 Å². The first-order valence-electron chi connectivity index (χ1n) is 5.52. The molecule has 2 heterocycles. The van der Waals surface area contributed by atoms with E-state index in [0.717, 1.165) is 45.6 Å². The molecule has 2 N–H and O–H groups in total. The molecule has 2 rings (SSSR count). The van der Waals surface area contributed by atoms with Crippen LogP contribution in [-0.4, -0.2) is 61.5 Å². The van der Waals surface area contributed by atoms with Crippen LogP contribution in [0.5, 0.6) is 0 Å². The minimum Gasteiger partial charge on any atom is -0.394 e. The third-order valence-electron chi connectivity index (χ3n) is 3.38. The fourth-order valence-electron chi connectivity index (χ4n) is 2.45. The van der Waals surface area contributed by atoms with E-state index in [2.05, 4.69) is 10.2 Å². The quantitative estimate of drug-likeness (QED) is 0.627. The molecule has 0 spiro atoms. The molecule has 0 amide bonds. The number of nitrogens with one attached hydrogen (secondary N) is 1. The molecule has 4 heteroatoms. The van der Waals surface area contributed by atoms with E-state index in [9.17, 15) is 5.11 Å². The Morgan fingerprint density at radius 3 is 2.71 bits per heavy atom. The molecule has 1 atom stereocenters. The SMILES string of the molecule is OCC1(N2CCNCC2)CCCOC1. The molecule has 14 heavy (non-hydrogen) atoms. The summed E-state index contributed by atoms with van der Waals surface area (Å²) >= 11 is 0. The monoisotopic (exact) mass is 200 g/mol. The number of hydrogen-bond donors (Lipinski definition) is 2. The molecule has 0 aromatic heterocycles. The van der Waals surface area contributed by atoms with Crippen LogP contribution in [-0.2, 0) is 4.74 Å². The van der Waals surface area contributed by atoms with Crippen LogP contribution in [0.1, 0.15) is 12.8 Å². The Hall–Kier alpha value is -0.160. The van der Waals surface area contributed by atoms with Gasteiger partial charge in [0, 0.05) is 32.8 Å². The van der Waals surface area contributed by atoms with Crippen molar-refractivity contribution in [2.45, 2.75) is 18.4 Å². The average molecular weight is 200 g/mol. The molecular weight excluding hydrogens is 180 g/mol. The molecule has 0 bridgehead atoms. The van der Waals surface area contributed by atoms with Gasteiger partial charge in [-0.05, 0) is 12.8 Å². The van der Waals surface area contributed by atoms with Crippen molar-refractivity contribution < 1.29 is 9.84 Å². The molecule has 0 radical (unpaired) electrons. The Bertz CT molecular complexity index is 175. The first-order valence-corrected chi connectivity index (χ1v) is 5.52. The van der Waals surface area contributed by atoms with Gasteiger partial charge in [-0.1, -0.05) is 0 Å². The van der Waals surface area contributed by atoms with Gasteiger partial charge in [0.15, 0.2) is 0 Å². The highest BCUT2D eigenvalue weighted by Gasteiger charge is 2.38. The molecular formula is C10H20N2O2. The minimum atomic E-state index is -0.0830. The molecule has 0 aliphatic carbocycles. The second-order valence-corrected chi connectivity index (χ2v) is 4.28. The number of piperazine rings is 1. The molecule has 2 saturated heterocycles. The molecule has 0 aromatic rings. The van der Waals surface area contributed by atoms with Crippen molar-refractivity contribution in [2.75, 3.05) is 46.0 Å². The van der Waals surface area contributed by atoms with Crippen molar-refractivity contribution in [1.29, 1.82) is 0 Å². The van der Waals surface area contributed by atoms with Crippen molar-refractivity contribution in [1.82, 2.24) is 10.2 Å². The Morgan fingerprint density at radius 1 is 1.36 bits per heavy atom. The fraction of sp³-hybridized carbons (Fsp3) is 1.00. The third kappa shape index (κ3) is 1.93. The standard InChI is InChI=1S/C10H20N2O2/c13-8-10(2-1-7-14-9-10)12-5-3-11-4-6-12/h11,13H,1-9H2. The van der Waals surface area contributed by atoms with E-state index in [4.69, 9.17) is 4.74 Å². The lowest BCUT2D eigenvalue weighted by molar-refractivity contribution is -0.0792. The summed E-state index contributed by atoms with van der Waals surface area (Å²) in [7, 11) is 0. The summed E-state index contributed by atoms with van der Waals surface area (Å²) in [6, 6.07) is 0. The van der Waals surface area contributed by atoms with Crippen LogP contribution in [0.3, 0.4) is 0 Å². The first-order chi connectivity index (χ1) is 6.87. The maximum absolute atomic E-state index is 9.55. The number of ether oxygens (including phenoxy) is 1. The van der Waals surface area contributed by atoms with Crippen molar-refractivity contribution in [3.63, 3.8) is 0 Å². The smallest absolute Gasteiger partial charge is 0.0677 e. The van der Waals surface area contributed by atoms with Crippen LogP contribution >= 0.6 is 0 Å². The Labute approximate surface area is 85.2 Å². The fourth-order valence-corrected chi connectivity index (χ4v) is 2.45. The largest absolute Gasteiger partial charge is 0.394 e. The normalized spacial score (nSPS) is 35.8. The van der Waals surface area contributed by atoms with Gasteiger partial charge >= 0.3 is 0 Å². The summed E-state index contributed by atoms with van der Waals surface area (Å²) in [4.78, 5) is 2.39. The van der Waals surface area contributed by atoms with E-state index in [1.807, 2.05) is 0 Å². The number of aliphatic hydroxyl groups excluding tert-OH is 1. The van der Waals surface area contributed by atoms with Crippen LogP contribution in [0.15, 0.2) is 0 Å². The molecule has 0 saturated carbocycles. The number of hydrogen-bond acceptors (Lipinski definition) is 4. The van der Waals surface area contributed by atoms with Gasteiger partial charge in [-0.2, -0.15) is 0 Å². The van der Waals surface area contributed by atoms with Crippen LogP contribution in [0.4, 0.5) is 0 Å². The summed E-state index contributed by atoms with van der Waals surface area (Å²) < 4.78 is 5.51. The van der Waals surface area contributed by atoms with Gasteiger partial charge < -0.3 is 15.2 Å². The van der Waals surface area contributed by atoms with Crippen LogP contribution in [0, 0.1) is 0 Å². The summed E-state index contributed by atoms with van der Waals surface area (Å²) in [5, 5.41) is 12.9. The highest BCUT2D eigenvalue weighted by molar-refractivity contribution is 4.93. The van der Waals surface area contributed by atoms with Gasteiger partial charge in [-0.15, -0.1) is 0 Å². The van der Waals surface area contributed by atoms with E-state index in [1.54, 1.807) is 0 Å². The Kier molecular flexibility index (Phi) is 3.38. The van der Waals surface area contributed by atoms with Crippen molar-refractivity contribution in [3.05, 3.63) is 0 Å². The van der Waals surface area contributed by atoms with Crippen LogP contribution in [0.25, 0.3) is 0 Å². The summed E-state index contributed by atoms with van der Waals surface area (Å²) in [5.74, 6) is 0. The van der Waals surface area contributed by atoms with E-state index < -0.39 is 0 Å². The van der Waals surface area contributed by atoms with Crippen LogP contribution in [0.2, 0.25) is 0 Å². The second kappa shape index (κ2) is 4.57. The van der Waals surface area contributed by atoms with Gasteiger partial charge in [-0.25, -0.2) is 0 Å². The lowest BCUT2D eigenvalue weighted by Crippen LogP contribution is -2.61. The summed E-state index contributed by atoms with van der Waals surface area (Å²) in [5.41, 5.74) is -0.0830. The Morgan fingerprint density at radius 2 is 2.14 bits per heavy atom. The van der Waals surface area contributed by atoms with Crippen molar-refractivity contribution in [2.24, 2.45) is 0 Å². The minimum absolute atomic E-state index is 0.0830. The highest BCUT2D eigenvalue weighted by Crippen LogP contribution is 2.26. The van der Waals surface area contributed by atoms with Gasteiger partial charge in [0.05, 0.1) is 18.8 Å². The zero-order valence-electron chi connectivity index (χ0n) is 8.67. The van der Waals surface area contributed by atoms with E-state index in [1.165, 1.54) is 0 Å². The lowest BCUT2D eigenvalue weighted by atomic mass is 9.90. The van der Waals surface area contributed by atoms with Crippen molar-refractivity contribution in [3.8, 4) is 0 Å². The molecule has 1 unspecified atom stereocenters. The lowest BCUT2D eigenvalue weighted by Gasteiger charge is -2.46. The van der Waals surface area contributed by atoms with Crippen molar-refractivity contribution >= 4 is 0 Å². The molecule has 82 valence electrons. The van der Waals surface area contributed by atoms with E-state index >= 15 is 0 Å². The van der Waals surface area contributed by atoms with Crippen LogP contribution < -0.4 is 5.32 Å². The average Bonchev–Trinajstić information content (AvgIpc) is 2.31. The first kappa shape index (κ1) is 10.4. The number of rotatable bonds is 2. The van der Waals surface area contributed by atoms with E-state index in [0.29, 0.717) is 6.61 Å². The maximum atomic E-state index is 9.55. The predicted molar refractivity (Wildman–Crippen MR) is 54.3 cm³/mol. The molecule has 2 aliphatic rings. The molecule has 2 fully saturated rings. The zero-order chi connectivity index (χ0) is 9.86. The third-order valence-corrected chi connectivity index (χ3v) is 3.38. The number of nitrogens with zero attached hydrogens (tertiary/aromatic N) is 1.